The summed E-state index contributed by atoms with van der Waals surface area (Å²) in [4.78, 5) is 29.9. The van der Waals surface area contributed by atoms with E-state index in [-0.39, 0.29) is 18.7 Å². The molecule has 0 fully saturated rings. The average Bonchev–Trinajstić information content (AvgIpc) is 2.47. The van der Waals surface area contributed by atoms with Crippen molar-refractivity contribution in [2.75, 3.05) is 27.3 Å². The molecule has 0 saturated carbocycles. The van der Waals surface area contributed by atoms with Crippen molar-refractivity contribution in [2.45, 2.75) is 6.10 Å². The zero-order valence-corrected chi connectivity index (χ0v) is 11.9. The summed E-state index contributed by atoms with van der Waals surface area (Å²) in [5, 5.41) is 9.64. The molecule has 0 aromatic carbocycles. The molecule has 7 nitrogen and oxygen atoms in total. The predicted molar refractivity (Wildman–Crippen MR) is 76.3 cm³/mol. The molecule has 1 amide bonds. The first-order chi connectivity index (χ1) is 10.0. The summed E-state index contributed by atoms with van der Waals surface area (Å²) in [6, 6.07) is 5.13. The van der Waals surface area contributed by atoms with Gasteiger partial charge < -0.3 is 14.7 Å². The Bertz CT molecular complexity index is 698. The van der Waals surface area contributed by atoms with E-state index in [1.165, 1.54) is 29.7 Å². The summed E-state index contributed by atoms with van der Waals surface area (Å²) in [6.07, 6.45) is 2.01. The molecule has 0 spiro atoms. The van der Waals surface area contributed by atoms with Crippen molar-refractivity contribution < 1.29 is 14.6 Å². The van der Waals surface area contributed by atoms with Crippen LogP contribution in [0, 0.1) is 0 Å². The number of aliphatic hydroxyl groups excluding tert-OH is 1. The quantitative estimate of drug-likeness (QED) is 0.823. The standard InChI is InChI=1S/C14H17N3O4/c1-16(8-10(18)9-21-2)13(19)11-7-15-12-5-3-4-6-17(12)14(11)20/h3-7,10,18H,8-9H2,1-2H3. The molecule has 1 unspecified atom stereocenters. The molecule has 0 aliphatic rings. The van der Waals surface area contributed by atoms with Crippen molar-refractivity contribution in [3.8, 4) is 0 Å². The molecule has 0 bridgehead atoms. The summed E-state index contributed by atoms with van der Waals surface area (Å²) in [6.45, 7) is 0.191. The summed E-state index contributed by atoms with van der Waals surface area (Å²) < 4.78 is 6.12. The van der Waals surface area contributed by atoms with Gasteiger partial charge in [0, 0.05) is 33.1 Å². The number of nitrogens with zero attached hydrogens (tertiary/aromatic N) is 3. The number of ether oxygens (including phenoxy) is 1. The maximum atomic E-state index is 12.3. The number of likely N-dealkylation sites (N-methyl/N-ethyl adjacent to an activating group) is 1. The molecule has 0 aliphatic heterocycles. The number of amides is 1. The fourth-order valence-corrected chi connectivity index (χ4v) is 2.02. The minimum Gasteiger partial charge on any atom is -0.389 e. The Morgan fingerprint density at radius 2 is 2.29 bits per heavy atom. The van der Waals surface area contributed by atoms with Gasteiger partial charge in [-0.1, -0.05) is 6.07 Å². The highest BCUT2D eigenvalue weighted by Gasteiger charge is 2.19. The van der Waals surface area contributed by atoms with Crippen molar-refractivity contribution in [1.82, 2.24) is 14.3 Å². The Kier molecular flexibility index (Phi) is 4.66. The minimum absolute atomic E-state index is 0.0363. The van der Waals surface area contributed by atoms with Gasteiger partial charge in [-0.2, -0.15) is 0 Å². The van der Waals surface area contributed by atoms with Crippen LogP contribution in [-0.2, 0) is 4.74 Å². The van der Waals surface area contributed by atoms with Gasteiger partial charge in [0.25, 0.3) is 11.5 Å². The van der Waals surface area contributed by atoms with Crippen LogP contribution in [0.3, 0.4) is 0 Å². The van der Waals surface area contributed by atoms with Crippen LogP contribution in [0.25, 0.3) is 5.65 Å². The minimum atomic E-state index is -0.805. The van der Waals surface area contributed by atoms with E-state index >= 15 is 0 Å². The molecule has 112 valence electrons. The number of rotatable bonds is 5. The normalized spacial score (nSPS) is 12.3. The molecule has 2 rings (SSSR count). The Morgan fingerprint density at radius 1 is 1.52 bits per heavy atom. The van der Waals surface area contributed by atoms with Gasteiger partial charge in [-0.3, -0.25) is 14.0 Å². The Balaban J connectivity index is 2.27. The van der Waals surface area contributed by atoms with E-state index in [0.29, 0.717) is 5.65 Å². The zero-order valence-electron chi connectivity index (χ0n) is 11.9. The van der Waals surface area contributed by atoms with Crippen LogP contribution in [0.5, 0.6) is 0 Å². The number of hydrogen-bond donors (Lipinski definition) is 1. The molecule has 21 heavy (non-hydrogen) atoms. The second kappa shape index (κ2) is 6.47. The second-order valence-corrected chi connectivity index (χ2v) is 4.70. The maximum Gasteiger partial charge on any atom is 0.270 e. The lowest BCUT2D eigenvalue weighted by molar-refractivity contribution is 0.0379. The van der Waals surface area contributed by atoms with E-state index in [0.717, 1.165) is 0 Å². The number of aromatic nitrogens is 2. The number of hydrogen-bond acceptors (Lipinski definition) is 5. The van der Waals surface area contributed by atoms with Gasteiger partial charge in [0.2, 0.25) is 0 Å². The van der Waals surface area contributed by atoms with Gasteiger partial charge in [0.15, 0.2) is 0 Å². The number of carbonyl (C=O) groups excluding carboxylic acids is 1. The fraction of sp³-hybridized carbons (Fsp3) is 0.357. The van der Waals surface area contributed by atoms with Crippen molar-refractivity contribution >= 4 is 11.6 Å². The molecule has 0 aliphatic carbocycles. The highest BCUT2D eigenvalue weighted by atomic mass is 16.5. The molecule has 7 heteroatoms. The first-order valence-corrected chi connectivity index (χ1v) is 6.43. The van der Waals surface area contributed by atoms with Crippen LogP contribution in [0.4, 0.5) is 0 Å². The molecule has 2 aromatic rings. The lowest BCUT2D eigenvalue weighted by atomic mass is 10.2. The van der Waals surface area contributed by atoms with Gasteiger partial charge in [0.05, 0.1) is 12.7 Å². The van der Waals surface area contributed by atoms with Crippen molar-refractivity contribution in [2.24, 2.45) is 0 Å². The summed E-state index contributed by atoms with van der Waals surface area (Å²) in [5.41, 5.74) is 0.00520. The molecule has 0 saturated heterocycles. The Labute approximate surface area is 121 Å². The third-order valence-electron chi connectivity index (χ3n) is 3.03. The smallest absolute Gasteiger partial charge is 0.270 e. The largest absolute Gasteiger partial charge is 0.389 e. The molecule has 1 N–H and O–H groups in total. The maximum absolute atomic E-state index is 12.3. The van der Waals surface area contributed by atoms with E-state index in [1.807, 2.05) is 0 Å². The molecule has 0 radical (unpaired) electrons. The second-order valence-electron chi connectivity index (χ2n) is 4.70. The SMILES string of the molecule is COCC(O)CN(C)C(=O)c1cnc2ccccn2c1=O. The van der Waals surface area contributed by atoms with Crippen molar-refractivity contribution in [1.29, 1.82) is 0 Å². The number of fused-ring (bicyclic) bond motifs is 1. The van der Waals surface area contributed by atoms with Crippen molar-refractivity contribution in [3.63, 3.8) is 0 Å². The highest BCUT2D eigenvalue weighted by molar-refractivity contribution is 5.93. The topological polar surface area (TPSA) is 84.1 Å². The third kappa shape index (κ3) is 3.26. The van der Waals surface area contributed by atoms with Crippen LogP contribution >= 0.6 is 0 Å². The van der Waals surface area contributed by atoms with Gasteiger partial charge in [-0.05, 0) is 12.1 Å². The molecular weight excluding hydrogens is 274 g/mol. The fourth-order valence-electron chi connectivity index (χ4n) is 2.02. The van der Waals surface area contributed by atoms with Crippen LogP contribution in [0.1, 0.15) is 10.4 Å². The van der Waals surface area contributed by atoms with E-state index in [1.54, 1.807) is 24.4 Å². The zero-order chi connectivity index (χ0) is 15.4. The van der Waals surface area contributed by atoms with Gasteiger partial charge >= 0.3 is 0 Å². The number of methoxy groups -OCH3 is 1. The summed E-state index contributed by atoms with van der Waals surface area (Å²) >= 11 is 0. The first kappa shape index (κ1) is 15.1. The molecule has 1 atom stereocenters. The Hall–Kier alpha value is -2.25. The van der Waals surface area contributed by atoms with Crippen LogP contribution in [0.2, 0.25) is 0 Å². The lowest BCUT2D eigenvalue weighted by Gasteiger charge is -2.20. The molecule has 2 heterocycles. The van der Waals surface area contributed by atoms with E-state index in [2.05, 4.69) is 4.98 Å². The lowest BCUT2D eigenvalue weighted by Crippen LogP contribution is -2.39. The third-order valence-corrected chi connectivity index (χ3v) is 3.03. The Morgan fingerprint density at radius 3 is 3.00 bits per heavy atom. The summed E-state index contributed by atoms with van der Waals surface area (Å²) in [7, 11) is 2.98. The molecular formula is C14H17N3O4. The van der Waals surface area contributed by atoms with Crippen LogP contribution in [0.15, 0.2) is 35.4 Å². The van der Waals surface area contributed by atoms with Gasteiger partial charge in [-0.15, -0.1) is 0 Å². The highest BCUT2D eigenvalue weighted by Crippen LogP contribution is 2.01. The monoisotopic (exact) mass is 291 g/mol. The predicted octanol–water partition coefficient (Wildman–Crippen LogP) is -0.226. The first-order valence-electron chi connectivity index (χ1n) is 6.43. The van der Waals surface area contributed by atoms with Crippen molar-refractivity contribution in [3.05, 3.63) is 46.5 Å². The number of aliphatic hydroxyl groups is 1. The number of pyridine rings is 1. The van der Waals surface area contributed by atoms with Gasteiger partial charge in [0.1, 0.15) is 11.2 Å². The van der Waals surface area contributed by atoms with E-state index < -0.39 is 17.6 Å². The van der Waals surface area contributed by atoms with E-state index in [4.69, 9.17) is 4.74 Å². The number of carbonyl (C=O) groups is 1. The van der Waals surface area contributed by atoms with Crippen LogP contribution in [-0.4, -0.2) is 58.7 Å². The van der Waals surface area contributed by atoms with E-state index in [9.17, 15) is 14.7 Å². The average molecular weight is 291 g/mol. The summed E-state index contributed by atoms with van der Waals surface area (Å²) in [5.74, 6) is -0.485. The molecule has 2 aromatic heterocycles. The van der Waals surface area contributed by atoms with Crippen LogP contribution < -0.4 is 5.56 Å². The van der Waals surface area contributed by atoms with Gasteiger partial charge in [-0.25, -0.2) is 4.98 Å².